The van der Waals surface area contributed by atoms with Crippen LogP contribution in [0, 0.1) is 0 Å². The molecular weight excluding hydrogens is 236 g/mol. The van der Waals surface area contributed by atoms with Gasteiger partial charge in [-0.25, -0.2) is 0 Å². The number of hydrogen-bond acceptors (Lipinski definition) is 2. The largest absolute Gasteiger partial charge is 0.388 e. The molecule has 0 saturated heterocycles. The monoisotopic (exact) mass is 244 g/mol. The van der Waals surface area contributed by atoms with Gasteiger partial charge in [0, 0.05) is 15.1 Å². The summed E-state index contributed by atoms with van der Waals surface area (Å²) in [6, 6.07) is 6.09. The molecule has 3 heteroatoms. The summed E-state index contributed by atoms with van der Waals surface area (Å²) in [5.41, 5.74) is 1.07. The van der Waals surface area contributed by atoms with E-state index in [0.29, 0.717) is 0 Å². The second-order valence-electron chi connectivity index (χ2n) is 2.84. The lowest BCUT2D eigenvalue weighted by molar-refractivity contribution is 0.170. The summed E-state index contributed by atoms with van der Waals surface area (Å²) >= 11 is 5.22. The smallest absolute Gasteiger partial charge is 0.0809 e. The summed E-state index contributed by atoms with van der Waals surface area (Å²) in [7, 11) is 0. The molecule has 0 aliphatic carbocycles. The molecule has 1 aliphatic heterocycles. The fraction of sp³-hybridized carbons (Fsp3) is 0.333. The van der Waals surface area contributed by atoms with Crippen LogP contribution in [0.1, 0.15) is 18.1 Å². The van der Waals surface area contributed by atoms with E-state index in [-0.39, 0.29) is 6.10 Å². The zero-order valence-corrected chi connectivity index (χ0v) is 8.86. The van der Waals surface area contributed by atoms with Crippen LogP contribution in [0.25, 0.3) is 0 Å². The molecule has 12 heavy (non-hydrogen) atoms. The van der Waals surface area contributed by atoms with E-state index in [0.717, 1.165) is 22.2 Å². The number of aliphatic hydroxyl groups excluding tert-OH is 1. The Morgan fingerprint density at radius 3 is 3.17 bits per heavy atom. The average Bonchev–Trinajstić information content (AvgIpc) is 2.07. The molecule has 64 valence electrons. The van der Waals surface area contributed by atoms with Crippen molar-refractivity contribution in [3.63, 3.8) is 0 Å². The first-order valence-electron chi connectivity index (χ1n) is 3.87. The number of hydrogen-bond donors (Lipinski definition) is 1. The highest BCUT2D eigenvalue weighted by atomic mass is 79.9. The van der Waals surface area contributed by atoms with Crippen LogP contribution in [0.5, 0.6) is 0 Å². The topological polar surface area (TPSA) is 20.2 Å². The number of fused-ring (bicyclic) bond motifs is 1. The summed E-state index contributed by atoms with van der Waals surface area (Å²) < 4.78 is 1.04. The minimum Gasteiger partial charge on any atom is -0.388 e. The minimum atomic E-state index is -0.265. The second kappa shape index (κ2) is 3.40. The second-order valence-corrected chi connectivity index (χ2v) is 4.89. The van der Waals surface area contributed by atoms with Crippen LogP contribution in [0.2, 0.25) is 0 Å². The van der Waals surface area contributed by atoms with Gasteiger partial charge >= 0.3 is 0 Å². The first-order valence-corrected chi connectivity index (χ1v) is 5.65. The molecule has 0 fully saturated rings. The molecule has 0 saturated carbocycles. The van der Waals surface area contributed by atoms with Crippen molar-refractivity contribution in [3.8, 4) is 0 Å². The number of halogens is 1. The van der Waals surface area contributed by atoms with Crippen LogP contribution >= 0.6 is 27.7 Å². The third kappa shape index (κ3) is 1.53. The van der Waals surface area contributed by atoms with Crippen molar-refractivity contribution in [1.82, 2.24) is 0 Å². The molecule has 0 radical (unpaired) electrons. The predicted octanol–water partition coefficient (Wildman–Crippen LogP) is 2.98. The Kier molecular flexibility index (Phi) is 2.44. The Morgan fingerprint density at radius 2 is 2.33 bits per heavy atom. The van der Waals surface area contributed by atoms with Crippen LogP contribution in [0.3, 0.4) is 0 Å². The van der Waals surface area contributed by atoms with Gasteiger partial charge in [0.05, 0.1) is 6.10 Å². The lowest BCUT2D eigenvalue weighted by atomic mass is 10.1. The summed E-state index contributed by atoms with van der Waals surface area (Å²) in [6.45, 7) is 0. The molecule has 2 rings (SSSR count). The van der Waals surface area contributed by atoms with Gasteiger partial charge in [-0.1, -0.05) is 15.9 Å². The van der Waals surface area contributed by atoms with Crippen LogP contribution in [0.15, 0.2) is 27.6 Å². The van der Waals surface area contributed by atoms with Crippen molar-refractivity contribution in [3.05, 3.63) is 28.2 Å². The third-order valence-corrected chi connectivity index (χ3v) is 3.60. The first kappa shape index (κ1) is 8.60. The van der Waals surface area contributed by atoms with Gasteiger partial charge in [0.25, 0.3) is 0 Å². The first-order chi connectivity index (χ1) is 5.77. The highest BCUT2D eigenvalue weighted by Crippen LogP contribution is 2.37. The Balaban J connectivity index is 2.47. The summed E-state index contributed by atoms with van der Waals surface area (Å²) in [5, 5.41) is 9.65. The Labute approximate surface area is 84.3 Å². The number of aliphatic hydroxyl groups is 1. The Hall–Kier alpha value is 0.01000. The van der Waals surface area contributed by atoms with Crippen LogP contribution in [-0.2, 0) is 0 Å². The quantitative estimate of drug-likeness (QED) is 0.758. The molecule has 0 bridgehead atoms. The van der Waals surface area contributed by atoms with Crippen molar-refractivity contribution in [2.24, 2.45) is 0 Å². The molecule has 1 aliphatic rings. The number of rotatable bonds is 0. The Morgan fingerprint density at radius 1 is 1.50 bits per heavy atom. The predicted molar refractivity (Wildman–Crippen MR) is 54.4 cm³/mol. The highest BCUT2D eigenvalue weighted by molar-refractivity contribution is 9.10. The van der Waals surface area contributed by atoms with E-state index in [1.165, 1.54) is 4.90 Å². The fourth-order valence-electron chi connectivity index (χ4n) is 1.35. The van der Waals surface area contributed by atoms with Crippen molar-refractivity contribution in [2.45, 2.75) is 17.4 Å². The fourth-order valence-corrected chi connectivity index (χ4v) is 2.81. The average molecular weight is 245 g/mol. The molecule has 1 aromatic rings. The number of thioether (sulfide) groups is 1. The van der Waals surface area contributed by atoms with Gasteiger partial charge in [0.2, 0.25) is 0 Å². The molecule has 0 spiro atoms. The molecule has 1 atom stereocenters. The van der Waals surface area contributed by atoms with Crippen molar-refractivity contribution in [2.75, 3.05) is 5.75 Å². The van der Waals surface area contributed by atoms with Crippen LogP contribution in [-0.4, -0.2) is 10.9 Å². The summed E-state index contributed by atoms with van der Waals surface area (Å²) in [4.78, 5) is 1.22. The summed E-state index contributed by atoms with van der Waals surface area (Å²) in [5.74, 6) is 1.02. The summed E-state index contributed by atoms with van der Waals surface area (Å²) in [6.07, 6.45) is 0.604. The van der Waals surface area contributed by atoms with E-state index < -0.39 is 0 Å². The van der Waals surface area contributed by atoms with Crippen molar-refractivity contribution in [1.29, 1.82) is 0 Å². The SMILES string of the molecule is O[C@H]1CCSc2ccc(Br)cc21. The molecule has 1 N–H and O–H groups in total. The van der Waals surface area contributed by atoms with E-state index >= 15 is 0 Å². The van der Waals surface area contributed by atoms with E-state index in [1.807, 2.05) is 23.9 Å². The maximum Gasteiger partial charge on any atom is 0.0809 e. The zero-order chi connectivity index (χ0) is 8.55. The lowest BCUT2D eigenvalue weighted by Gasteiger charge is -2.20. The molecule has 0 aromatic heterocycles. The van der Waals surface area contributed by atoms with Gasteiger partial charge in [0.15, 0.2) is 0 Å². The van der Waals surface area contributed by atoms with E-state index in [1.54, 1.807) is 0 Å². The number of benzene rings is 1. The van der Waals surface area contributed by atoms with E-state index in [4.69, 9.17) is 0 Å². The van der Waals surface area contributed by atoms with Crippen molar-refractivity contribution < 1.29 is 5.11 Å². The van der Waals surface area contributed by atoms with Gasteiger partial charge in [-0.3, -0.25) is 0 Å². The normalized spacial score (nSPS) is 22.0. The van der Waals surface area contributed by atoms with Crippen LogP contribution in [0.4, 0.5) is 0 Å². The van der Waals surface area contributed by atoms with Gasteiger partial charge in [0.1, 0.15) is 0 Å². The lowest BCUT2D eigenvalue weighted by Crippen LogP contribution is -2.05. The molecule has 1 heterocycles. The molecular formula is C9H9BrOS. The van der Waals surface area contributed by atoms with Crippen molar-refractivity contribution >= 4 is 27.7 Å². The standard InChI is InChI=1S/C9H9BrOS/c10-6-1-2-9-7(5-6)8(11)3-4-12-9/h1-2,5,8,11H,3-4H2/t8-/m0/s1. The van der Waals surface area contributed by atoms with Gasteiger partial charge in [-0.2, -0.15) is 0 Å². The Bertz CT molecular complexity index is 301. The van der Waals surface area contributed by atoms with Gasteiger partial charge < -0.3 is 5.11 Å². The van der Waals surface area contributed by atoms with E-state index in [9.17, 15) is 5.11 Å². The minimum absolute atomic E-state index is 0.265. The molecule has 0 unspecified atom stereocenters. The molecule has 0 amide bonds. The highest BCUT2D eigenvalue weighted by Gasteiger charge is 2.17. The zero-order valence-electron chi connectivity index (χ0n) is 6.46. The van der Waals surface area contributed by atoms with Gasteiger partial charge in [-0.05, 0) is 30.2 Å². The maximum atomic E-state index is 9.65. The van der Waals surface area contributed by atoms with Crippen LogP contribution < -0.4 is 0 Å². The third-order valence-electron chi connectivity index (χ3n) is 1.98. The maximum absolute atomic E-state index is 9.65. The van der Waals surface area contributed by atoms with E-state index in [2.05, 4.69) is 22.0 Å². The molecule has 1 aromatic carbocycles. The molecule has 1 nitrogen and oxygen atoms in total. The van der Waals surface area contributed by atoms with Gasteiger partial charge in [-0.15, -0.1) is 11.8 Å².